The summed E-state index contributed by atoms with van der Waals surface area (Å²) in [4.78, 5) is 48.9. The molecule has 8 heteroatoms. The maximum atomic E-state index is 12.4. The molecule has 0 spiro atoms. The van der Waals surface area contributed by atoms with Crippen molar-refractivity contribution in [1.29, 1.82) is 0 Å². The molecule has 1 unspecified atom stereocenters. The van der Waals surface area contributed by atoms with E-state index in [0.29, 0.717) is 6.54 Å². The van der Waals surface area contributed by atoms with Gasteiger partial charge in [-0.05, 0) is 18.4 Å². The molecule has 0 radical (unpaired) electrons. The second-order valence-corrected chi connectivity index (χ2v) is 6.65. The molecular formula is C19H22N4O4. The average molecular weight is 370 g/mol. The maximum Gasteiger partial charge on any atom is 0.332 e. The molecule has 0 fully saturated rings. The molecule has 2 heterocycles. The predicted molar refractivity (Wildman–Crippen MR) is 101 cm³/mol. The number of nitrogens with one attached hydrogen (secondary N) is 2. The molecule has 1 atom stereocenters. The van der Waals surface area contributed by atoms with Crippen LogP contribution in [0.15, 0.2) is 39.9 Å². The largest absolute Gasteiger partial charge is 0.356 e. The number of benzene rings is 1. The zero-order valence-electron chi connectivity index (χ0n) is 15.3. The van der Waals surface area contributed by atoms with Crippen molar-refractivity contribution in [2.45, 2.75) is 25.2 Å². The van der Waals surface area contributed by atoms with Gasteiger partial charge in [0.05, 0.1) is 11.5 Å². The maximum absolute atomic E-state index is 12.4. The van der Waals surface area contributed by atoms with Gasteiger partial charge in [-0.2, -0.15) is 0 Å². The Kier molecular flexibility index (Phi) is 5.25. The molecule has 0 saturated heterocycles. The van der Waals surface area contributed by atoms with Crippen LogP contribution in [0.25, 0.3) is 0 Å². The van der Waals surface area contributed by atoms with E-state index in [1.165, 1.54) is 24.2 Å². The number of anilines is 1. The summed E-state index contributed by atoms with van der Waals surface area (Å²) in [6.07, 6.45) is 1.49. The highest BCUT2D eigenvalue weighted by molar-refractivity contribution is 6.03. The van der Waals surface area contributed by atoms with Gasteiger partial charge in [0.25, 0.3) is 5.56 Å². The molecule has 8 nitrogen and oxygen atoms in total. The van der Waals surface area contributed by atoms with E-state index in [0.717, 1.165) is 17.4 Å². The third-order valence-electron chi connectivity index (χ3n) is 4.80. The van der Waals surface area contributed by atoms with Crippen molar-refractivity contribution in [2.75, 3.05) is 11.9 Å². The third-order valence-corrected chi connectivity index (χ3v) is 4.80. The molecule has 2 amide bonds. The lowest BCUT2D eigenvalue weighted by Gasteiger charge is -2.11. The number of carbonyl (C=O) groups excluding carboxylic acids is 2. The van der Waals surface area contributed by atoms with E-state index in [-0.39, 0.29) is 23.7 Å². The molecule has 3 rings (SSSR count). The Morgan fingerprint density at radius 1 is 1.11 bits per heavy atom. The van der Waals surface area contributed by atoms with Crippen LogP contribution in [0.2, 0.25) is 0 Å². The van der Waals surface area contributed by atoms with Gasteiger partial charge >= 0.3 is 5.69 Å². The summed E-state index contributed by atoms with van der Waals surface area (Å²) in [5.41, 5.74) is 0.294. The lowest BCUT2D eigenvalue weighted by atomic mass is 9.99. The Labute approximate surface area is 155 Å². The fraction of sp³-hybridized carbons (Fsp3) is 0.368. The van der Waals surface area contributed by atoms with Crippen molar-refractivity contribution in [3.63, 3.8) is 0 Å². The van der Waals surface area contributed by atoms with E-state index >= 15 is 0 Å². The van der Waals surface area contributed by atoms with Crippen LogP contribution in [-0.4, -0.2) is 27.5 Å². The minimum Gasteiger partial charge on any atom is -0.356 e. The van der Waals surface area contributed by atoms with Crippen molar-refractivity contribution in [3.05, 3.63) is 62.3 Å². The molecule has 2 N–H and O–H groups in total. The van der Waals surface area contributed by atoms with Crippen molar-refractivity contribution in [2.24, 2.45) is 14.1 Å². The Morgan fingerprint density at radius 3 is 2.52 bits per heavy atom. The molecule has 2 aromatic rings. The van der Waals surface area contributed by atoms with Crippen LogP contribution in [-0.2, 0) is 30.1 Å². The molecule has 1 aromatic carbocycles. The number of aromatic nitrogens is 2. The zero-order valence-corrected chi connectivity index (χ0v) is 15.3. The monoisotopic (exact) mass is 370 g/mol. The van der Waals surface area contributed by atoms with Gasteiger partial charge in [0.2, 0.25) is 11.8 Å². The lowest BCUT2D eigenvalue weighted by molar-refractivity contribution is -0.125. The van der Waals surface area contributed by atoms with E-state index in [4.69, 9.17) is 0 Å². The Hall–Kier alpha value is -3.16. The van der Waals surface area contributed by atoms with Gasteiger partial charge < -0.3 is 10.6 Å². The molecule has 0 saturated carbocycles. The summed E-state index contributed by atoms with van der Waals surface area (Å²) in [5, 5.41) is 5.34. The Bertz CT molecular complexity index is 991. The van der Waals surface area contributed by atoms with Crippen LogP contribution in [0.5, 0.6) is 0 Å². The molecule has 1 aliphatic heterocycles. The van der Waals surface area contributed by atoms with Gasteiger partial charge in [-0.25, -0.2) is 4.79 Å². The van der Waals surface area contributed by atoms with Crippen LogP contribution in [0.1, 0.15) is 29.9 Å². The lowest BCUT2D eigenvalue weighted by Crippen LogP contribution is -2.39. The molecular weight excluding hydrogens is 348 g/mol. The van der Waals surface area contributed by atoms with Crippen LogP contribution < -0.4 is 21.9 Å². The summed E-state index contributed by atoms with van der Waals surface area (Å²) >= 11 is 0. The topological polar surface area (TPSA) is 102 Å². The minimum atomic E-state index is -0.889. The minimum absolute atomic E-state index is 0.127. The van der Waals surface area contributed by atoms with Crippen molar-refractivity contribution in [3.8, 4) is 0 Å². The first-order valence-electron chi connectivity index (χ1n) is 8.81. The van der Waals surface area contributed by atoms with Gasteiger partial charge in [-0.15, -0.1) is 0 Å². The number of fused-ring (bicyclic) bond motifs is 1. The van der Waals surface area contributed by atoms with Crippen LogP contribution >= 0.6 is 0 Å². The van der Waals surface area contributed by atoms with Crippen molar-refractivity contribution < 1.29 is 9.59 Å². The van der Waals surface area contributed by atoms with Crippen LogP contribution in [0.3, 0.4) is 0 Å². The van der Waals surface area contributed by atoms with E-state index in [1.54, 1.807) is 0 Å². The first-order chi connectivity index (χ1) is 12.9. The first kappa shape index (κ1) is 18.6. The molecule has 0 bridgehead atoms. The van der Waals surface area contributed by atoms with Gasteiger partial charge in [0.1, 0.15) is 5.82 Å². The van der Waals surface area contributed by atoms with E-state index in [9.17, 15) is 19.2 Å². The fourth-order valence-corrected chi connectivity index (χ4v) is 3.29. The summed E-state index contributed by atoms with van der Waals surface area (Å²) in [7, 11) is 2.83. The number of carbonyl (C=O) groups is 2. The highest BCUT2D eigenvalue weighted by Gasteiger charge is 2.37. The highest BCUT2D eigenvalue weighted by atomic mass is 16.2. The first-order valence-corrected chi connectivity index (χ1v) is 8.81. The number of aryl methyl sites for hydroxylation is 1. The SMILES string of the molecule is Cn1c2c(c(=O)n(C)c1=O)C(CC(=O)NCCCc1ccccc1)C(=O)N2. The van der Waals surface area contributed by atoms with E-state index in [2.05, 4.69) is 10.6 Å². The van der Waals surface area contributed by atoms with Gasteiger partial charge in [-0.3, -0.25) is 23.5 Å². The predicted octanol–water partition coefficient (Wildman–Crippen LogP) is 0.259. The Balaban J connectivity index is 1.63. The Morgan fingerprint density at radius 2 is 1.81 bits per heavy atom. The molecule has 1 aromatic heterocycles. The standard InChI is InChI=1S/C19H22N4O4/c1-22-16-15(18(26)23(2)19(22)27)13(17(25)21-16)11-14(24)20-10-6-9-12-7-4-3-5-8-12/h3-5,7-8,13H,6,9-11H2,1-2H3,(H,20,24)(H,21,25). The number of hydrogen-bond acceptors (Lipinski definition) is 4. The molecule has 27 heavy (non-hydrogen) atoms. The third kappa shape index (κ3) is 3.69. The molecule has 142 valence electrons. The smallest absolute Gasteiger partial charge is 0.332 e. The summed E-state index contributed by atoms with van der Waals surface area (Å²) in [6.45, 7) is 0.486. The summed E-state index contributed by atoms with van der Waals surface area (Å²) < 4.78 is 2.16. The number of nitrogens with zero attached hydrogens (tertiary/aromatic N) is 2. The summed E-state index contributed by atoms with van der Waals surface area (Å²) in [6, 6.07) is 9.95. The second kappa shape index (κ2) is 7.61. The average Bonchev–Trinajstić information content (AvgIpc) is 2.99. The van der Waals surface area contributed by atoms with E-state index < -0.39 is 23.1 Å². The van der Waals surface area contributed by atoms with E-state index in [1.807, 2.05) is 30.3 Å². The van der Waals surface area contributed by atoms with Crippen LogP contribution in [0, 0.1) is 0 Å². The van der Waals surface area contributed by atoms with Crippen molar-refractivity contribution >= 4 is 17.6 Å². The van der Waals surface area contributed by atoms with Gasteiger partial charge in [-0.1, -0.05) is 30.3 Å². The molecule has 0 aliphatic carbocycles. The van der Waals surface area contributed by atoms with Crippen LogP contribution in [0.4, 0.5) is 5.82 Å². The zero-order chi connectivity index (χ0) is 19.6. The molecule has 1 aliphatic rings. The quantitative estimate of drug-likeness (QED) is 0.712. The number of hydrogen-bond donors (Lipinski definition) is 2. The van der Waals surface area contributed by atoms with Gasteiger partial charge in [0.15, 0.2) is 0 Å². The normalized spacial score (nSPS) is 15.3. The number of rotatable bonds is 6. The summed E-state index contributed by atoms with van der Waals surface area (Å²) in [5.74, 6) is -1.45. The number of amides is 2. The van der Waals surface area contributed by atoms with Gasteiger partial charge in [0, 0.05) is 27.1 Å². The fourth-order valence-electron chi connectivity index (χ4n) is 3.29. The highest BCUT2D eigenvalue weighted by Crippen LogP contribution is 2.30. The van der Waals surface area contributed by atoms with Crippen molar-refractivity contribution in [1.82, 2.24) is 14.5 Å². The second-order valence-electron chi connectivity index (χ2n) is 6.65.